The predicted octanol–water partition coefficient (Wildman–Crippen LogP) is 2.01. The first-order valence-corrected chi connectivity index (χ1v) is 7.69. The molecule has 2 aromatic heterocycles. The highest BCUT2D eigenvalue weighted by Crippen LogP contribution is 2.32. The molecule has 6 heteroatoms. The van der Waals surface area contributed by atoms with Gasteiger partial charge in [0.2, 0.25) is 0 Å². The van der Waals surface area contributed by atoms with E-state index in [1.807, 2.05) is 4.68 Å². The van der Waals surface area contributed by atoms with Crippen molar-refractivity contribution in [1.29, 1.82) is 0 Å². The number of hydrogen-bond acceptors (Lipinski definition) is 4. The third-order valence-corrected chi connectivity index (χ3v) is 4.18. The molecule has 0 aromatic carbocycles. The van der Waals surface area contributed by atoms with E-state index in [1.54, 1.807) is 24.5 Å². The van der Waals surface area contributed by atoms with Crippen LogP contribution in [0.3, 0.4) is 0 Å². The lowest BCUT2D eigenvalue weighted by molar-refractivity contribution is 0.0984. The number of anilines is 1. The van der Waals surface area contributed by atoms with E-state index < -0.39 is 0 Å². The maximum absolute atomic E-state index is 12.5. The molecule has 1 amide bonds. The van der Waals surface area contributed by atoms with Gasteiger partial charge in [0.15, 0.2) is 5.69 Å². The highest BCUT2D eigenvalue weighted by Gasteiger charge is 2.29. The topological polar surface area (TPSA) is 69.0 Å². The van der Waals surface area contributed by atoms with Crippen LogP contribution in [0.25, 0.3) is 0 Å². The van der Waals surface area contributed by atoms with E-state index >= 15 is 0 Å². The average molecular weight is 298 g/mol. The van der Waals surface area contributed by atoms with E-state index in [4.69, 9.17) is 4.74 Å². The van der Waals surface area contributed by atoms with Crippen LogP contribution in [0, 0.1) is 5.92 Å². The molecular weight excluding hydrogens is 280 g/mol. The van der Waals surface area contributed by atoms with Crippen molar-refractivity contribution in [1.82, 2.24) is 14.8 Å². The molecule has 6 nitrogen and oxygen atoms in total. The van der Waals surface area contributed by atoms with Gasteiger partial charge in [0.05, 0.1) is 13.2 Å². The molecule has 1 fully saturated rings. The molecule has 1 saturated carbocycles. The number of carbonyl (C=O) groups is 1. The van der Waals surface area contributed by atoms with E-state index in [0.717, 1.165) is 35.8 Å². The van der Waals surface area contributed by atoms with Crippen molar-refractivity contribution in [2.75, 3.05) is 11.9 Å². The summed E-state index contributed by atoms with van der Waals surface area (Å²) in [6, 6.07) is 3.53. The van der Waals surface area contributed by atoms with Gasteiger partial charge >= 0.3 is 0 Å². The summed E-state index contributed by atoms with van der Waals surface area (Å²) in [7, 11) is 0. The molecule has 0 bridgehead atoms. The summed E-state index contributed by atoms with van der Waals surface area (Å²) in [5.74, 6) is 0.547. The lowest BCUT2D eigenvalue weighted by Gasteiger charge is -2.14. The summed E-state index contributed by atoms with van der Waals surface area (Å²) in [6.45, 7) is 2.10. The minimum atomic E-state index is -0.178. The number of amides is 1. The number of nitrogens with one attached hydrogen (secondary N) is 1. The Balaban J connectivity index is 1.62. The summed E-state index contributed by atoms with van der Waals surface area (Å²) in [4.78, 5) is 16.5. The van der Waals surface area contributed by atoms with Crippen molar-refractivity contribution < 1.29 is 9.53 Å². The molecule has 1 aliphatic heterocycles. The first kappa shape index (κ1) is 13.5. The lowest BCUT2D eigenvalue weighted by Crippen LogP contribution is -2.17. The molecule has 0 unspecified atom stereocenters. The Morgan fingerprint density at radius 2 is 2.18 bits per heavy atom. The zero-order valence-corrected chi connectivity index (χ0v) is 12.3. The van der Waals surface area contributed by atoms with Gasteiger partial charge in [-0.2, -0.15) is 5.10 Å². The monoisotopic (exact) mass is 298 g/mol. The molecule has 0 atom stereocenters. The lowest BCUT2D eigenvalue weighted by atomic mass is 10.1. The van der Waals surface area contributed by atoms with Crippen LogP contribution in [0.4, 0.5) is 5.69 Å². The highest BCUT2D eigenvalue weighted by molar-refractivity contribution is 6.04. The SMILES string of the molecule is O=C(Nc1ccncc1)c1nn(CC2CC2)c2c1COCC2. The Morgan fingerprint density at radius 1 is 1.36 bits per heavy atom. The van der Waals surface area contributed by atoms with E-state index in [9.17, 15) is 4.79 Å². The van der Waals surface area contributed by atoms with E-state index in [-0.39, 0.29) is 5.91 Å². The molecule has 0 radical (unpaired) electrons. The molecule has 4 rings (SSSR count). The molecule has 3 heterocycles. The van der Waals surface area contributed by atoms with Gasteiger partial charge < -0.3 is 10.1 Å². The first-order valence-electron chi connectivity index (χ1n) is 7.69. The van der Waals surface area contributed by atoms with Crippen LogP contribution in [-0.2, 0) is 24.3 Å². The molecule has 2 aromatic rings. The summed E-state index contributed by atoms with van der Waals surface area (Å²) in [6.07, 6.45) is 6.67. The van der Waals surface area contributed by atoms with Gasteiger partial charge in [0.25, 0.3) is 5.91 Å². The van der Waals surface area contributed by atoms with Gasteiger partial charge in [-0.05, 0) is 30.9 Å². The number of hydrogen-bond donors (Lipinski definition) is 1. The van der Waals surface area contributed by atoms with Crippen molar-refractivity contribution in [2.24, 2.45) is 5.92 Å². The Hall–Kier alpha value is -2.21. The number of aromatic nitrogens is 3. The molecule has 1 aliphatic carbocycles. The van der Waals surface area contributed by atoms with Gasteiger partial charge in [-0.15, -0.1) is 0 Å². The van der Waals surface area contributed by atoms with Gasteiger partial charge in [0.1, 0.15) is 0 Å². The minimum absolute atomic E-state index is 0.178. The quantitative estimate of drug-likeness (QED) is 0.937. The van der Waals surface area contributed by atoms with Crippen LogP contribution in [-0.4, -0.2) is 27.3 Å². The molecule has 0 spiro atoms. The average Bonchev–Trinajstić information content (AvgIpc) is 3.29. The Kier molecular flexibility index (Phi) is 3.38. The van der Waals surface area contributed by atoms with Crippen molar-refractivity contribution in [3.8, 4) is 0 Å². The summed E-state index contributed by atoms with van der Waals surface area (Å²) in [5.41, 5.74) is 3.32. The summed E-state index contributed by atoms with van der Waals surface area (Å²) < 4.78 is 7.55. The molecular formula is C16H18N4O2. The second-order valence-corrected chi connectivity index (χ2v) is 5.89. The normalized spacial score (nSPS) is 17.1. The number of nitrogens with zero attached hydrogens (tertiary/aromatic N) is 3. The van der Waals surface area contributed by atoms with E-state index in [0.29, 0.717) is 18.9 Å². The predicted molar refractivity (Wildman–Crippen MR) is 80.5 cm³/mol. The standard InChI is InChI=1S/C16H18N4O2/c21-16(18-12-3-6-17-7-4-12)15-13-10-22-8-5-14(13)20(19-15)9-11-1-2-11/h3-4,6-7,11H,1-2,5,8-10H2,(H,17,18,21). The fraction of sp³-hybridized carbons (Fsp3) is 0.438. The molecule has 22 heavy (non-hydrogen) atoms. The number of pyridine rings is 1. The second kappa shape index (κ2) is 5.53. The van der Waals surface area contributed by atoms with Crippen LogP contribution in [0.15, 0.2) is 24.5 Å². The number of fused-ring (bicyclic) bond motifs is 1. The fourth-order valence-corrected chi connectivity index (χ4v) is 2.81. The molecule has 114 valence electrons. The number of carbonyl (C=O) groups excluding carboxylic acids is 1. The van der Waals surface area contributed by atoms with Gasteiger partial charge in [-0.1, -0.05) is 0 Å². The molecule has 0 saturated heterocycles. The van der Waals surface area contributed by atoms with Crippen molar-refractivity contribution >= 4 is 11.6 Å². The summed E-state index contributed by atoms with van der Waals surface area (Å²) >= 11 is 0. The van der Waals surface area contributed by atoms with Crippen LogP contribution in [0.2, 0.25) is 0 Å². The smallest absolute Gasteiger partial charge is 0.276 e. The van der Waals surface area contributed by atoms with E-state index in [2.05, 4.69) is 15.4 Å². The van der Waals surface area contributed by atoms with Crippen LogP contribution < -0.4 is 5.32 Å². The second-order valence-electron chi connectivity index (χ2n) is 5.89. The van der Waals surface area contributed by atoms with Crippen molar-refractivity contribution in [2.45, 2.75) is 32.4 Å². The molecule has 1 N–H and O–H groups in total. The largest absolute Gasteiger partial charge is 0.376 e. The van der Waals surface area contributed by atoms with Gasteiger partial charge in [-0.25, -0.2) is 0 Å². The maximum atomic E-state index is 12.5. The highest BCUT2D eigenvalue weighted by atomic mass is 16.5. The molecule has 2 aliphatic rings. The third kappa shape index (κ3) is 2.62. The minimum Gasteiger partial charge on any atom is -0.376 e. The number of rotatable bonds is 4. The zero-order chi connectivity index (χ0) is 14.9. The maximum Gasteiger partial charge on any atom is 0.276 e. The van der Waals surface area contributed by atoms with Gasteiger partial charge in [0, 0.05) is 42.3 Å². The van der Waals surface area contributed by atoms with Crippen LogP contribution >= 0.6 is 0 Å². The fourth-order valence-electron chi connectivity index (χ4n) is 2.81. The van der Waals surface area contributed by atoms with Crippen LogP contribution in [0.5, 0.6) is 0 Å². The zero-order valence-electron chi connectivity index (χ0n) is 12.3. The van der Waals surface area contributed by atoms with Crippen molar-refractivity contribution in [3.05, 3.63) is 41.5 Å². The summed E-state index contributed by atoms with van der Waals surface area (Å²) in [5, 5.41) is 7.46. The Bertz CT molecular complexity index is 692. The Labute approximate surface area is 128 Å². The third-order valence-electron chi connectivity index (χ3n) is 4.18. The van der Waals surface area contributed by atoms with E-state index in [1.165, 1.54) is 12.8 Å². The number of ether oxygens (including phenoxy) is 1. The van der Waals surface area contributed by atoms with Crippen molar-refractivity contribution in [3.63, 3.8) is 0 Å². The van der Waals surface area contributed by atoms with Crippen LogP contribution in [0.1, 0.15) is 34.6 Å². The first-order chi connectivity index (χ1) is 10.8. The van der Waals surface area contributed by atoms with Gasteiger partial charge in [-0.3, -0.25) is 14.5 Å². The Morgan fingerprint density at radius 3 is 2.95 bits per heavy atom.